The number of nitrogens with one attached hydrogen (secondary N) is 2. The van der Waals surface area contributed by atoms with Crippen LogP contribution in [0.5, 0.6) is 5.75 Å². The van der Waals surface area contributed by atoms with Crippen molar-refractivity contribution in [3.05, 3.63) is 61.4 Å². The number of piperidine rings is 2. The Hall–Kier alpha value is -4.57. The molecule has 0 aliphatic carbocycles. The molecule has 0 atom stereocenters. The molecule has 1 amide bonds. The first-order valence-electron chi connectivity index (χ1n) is 14.8. The van der Waals surface area contributed by atoms with Gasteiger partial charge in [-0.3, -0.25) is 4.79 Å². The standard InChI is InChI=1S/C33H40N8O2/c1-5-30(42)36-25-18-26(29(43-4)19-28(25)41-16-12-33(13-17-41)10-14-39(2)15-11-33)37-32-35-20-24(34)31(38-32)23-21-40(3)27-9-7-6-8-22(23)27/h5-9,18-21H,1,10-17,34H2,2-4H3,(H,36,42)(H,35,37,38). The molecule has 4 heterocycles. The van der Waals surface area contributed by atoms with Crippen molar-refractivity contribution in [1.82, 2.24) is 19.4 Å². The summed E-state index contributed by atoms with van der Waals surface area (Å²) in [7, 11) is 5.85. The fourth-order valence-electron chi connectivity index (χ4n) is 6.51. The number of methoxy groups -OCH3 is 1. The van der Waals surface area contributed by atoms with Gasteiger partial charge in [0.2, 0.25) is 11.9 Å². The number of rotatable bonds is 7. The molecule has 2 aromatic heterocycles. The van der Waals surface area contributed by atoms with Crippen molar-refractivity contribution < 1.29 is 9.53 Å². The fraction of sp³-hybridized carbons (Fsp3) is 0.364. The number of para-hydroxylation sites is 1. The average Bonchev–Trinajstić information content (AvgIpc) is 3.36. The molecule has 0 unspecified atom stereocenters. The van der Waals surface area contributed by atoms with E-state index in [4.69, 9.17) is 15.5 Å². The summed E-state index contributed by atoms with van der Waals surface area (Å²) in [4.78, 5) is 26.6. The highest BCUT2D eigenvalue weighted by molar-refractivity contribution is 6.02. The van der Waals surface area contributed by atoms with Crippen LogP contribution in [0.2, 0.25) is 0 Å². The number of likely N-dealkylation sites (tertiary alicyclic amines) is 1. The Bertz CT molecular complexity index is 1660. The molecule has 4 N–H and O–H groups in total. The summed E-state index contributed by atoms with van der Waals surface area (Å²) < 4.78 is 7.91. The van der Waals surface area contributed by atoms with E-state index in [1.54, 1.807) is 13.3 Å². The number of aromatic nitrogens is 3. The minimum Gasteiger partial charge on any atom is -0.494 e. The van der Waals surface area contributed by atoms with Crippen LogP contribution in [0.4, 0.5) is 28.7 Å². The maximum absolute atomic E-state index is 12.5. The minimum atomic E-state index is -0.275. The van der Waals surface area contributed by atoms with Crippen LogP contribution in [0, 0.1) is 5.41 Å². The zero-order valence-electron chi connectivity index (χ0n) is 25.2. The zero-order chi connectivity index (χ0) is 30.1. The van der Waals surface area contributed by atoms with E-state index in [1.807, 2.05) is 37.5 Å². The molecule has 2 fully saturated rings. The predicted molar refractivity (Wildman–Crippen MR) is 174 cm³/mol. The molecule has 0 radical (unpaired) electrons. The molecule has 6 rings (SSSR count). The van der Waals surface area contributed by atoms with Gasteiger partial charge in [0.1, 0.15) is 11.4 Å². The van der Waals surface area contributed by atoms with Crippen LogP contribution < -0.4 is 26.0 Å². The molecule has 10 heteroatoms. The lowest BCUT2D eigenvalue weighted by Gasteiger charge is -2.47. The quantitative estimate of drug-likeness (QED) is 0.249. The van der Waals surface area contributed by atoms with Crippen LogP contribution in [0.25, 0.3) is 22.2 Å². The molecule has 0 saturated carbocycles. The third-order valence-corrected chi connectivity index (χ3v) is 9.19. The van der Waals surface area contributed by atoms with Gasteiger partial charge >= 0.3 is 0 Å². The molecule has 1 spiro atoms. The summed E-state index contributed by atoms with van der Waals surface area (Å²) in [6, 6.07) is 12.0. The smallest absolute Gasteiger partial charge is 0.247 e. The molecule has 2 aliphatic heterocycles. The number of nitrogens with zero attached hydrogens (tertiary/aromatic N) is 5. The van der Waals surface area contributed by atoms with E-state index in [0.717, 1.165) is 61.2 Å². The SMILES string of the molecule is C=CC(=O)Nc1cc(Nc2ncc(N)c(-c3cn(C)c4ccccc34)n2)c(OC)cc1N1CCC2(CCN(C)CC2)CC1. The first kappa shape index (κ1) is 28.5. The van der Waals surface area contributed by atoms with Gasteiger partial charge in [-0.25, -0.2) is 9.97 Å². The number of aryl methyl sites for hydroxylation is 1. The maximum atomic E-state index is 12.5. The second-order valence-electron chi connectivity index (χ2n) is 11.8. The van der Waals surface area contributed by atoms with Gasteiger partial charge in [-0.1, -0.05) is 24.8 Å². The lowest BCUT2D eigenvalue weighted by molar-refractivity contribution is -0.111. The molecule has 2 saturated heterocycles. The van der Waals surface area contributed by atoms with Gasteiger partial charge in [-0.15, -0.1) is 0 Å². The molecule has 43 heavy (non-hydrogen) atoms. The van der Waals surface area contributed by atoms with E-state index in [9.17, 15) is 4.79 Å². The zero-order valence-corrected chi connectivity index (χ0v) is 25.2. The number of ether oxygens (including phenoxy) is 1. The summed E-state index contributed by atoms with van der Waals surface area (Å²) in [6.07, 6.45) is 9.67. The lowest BCUT2D eigenvalue weighted by Crippen LogP contribution is -2.46. The maximum Gasteiger partial charge on any atom is 0.247 e. The first-order valence-corrected chi connectivity index (χ1v) is 14.8. The number of hydrogen-bond donors (Lipinski definition) is 3. The van der Waals surface area contributed by atoms with Crippen molar-refractivity contribution in [2.24, 2.45) is 12.5 Å². The highest BCUT2D eigenvalue weighted by Gasteiger charge is 2.37. The second kappa shape index (κ2) is 11.6. The molecular weight excluding hydrogens is 540 g/mol. The largest absolute Gasteiger partial charge is 0.494 e. The number of anilines is 5. The Balaban J connectivity index is 1.32. The number of benzene rings is 2. The highest BCUT2D eigenvalue weighted by atomic mass is 16.5. The van der Waals surface area contributed by atoms with E-state index < -0.39 is 0 Å². The van der Waals surface area contributed by atoms with Gasteiger partial charge in [0.05, 0.1) is 36.1 Å². The summed E-state index contributed by atoms with van der Waals surface area (Å²) in [5, 5.41) is 7.39. The number of fused-ring (bicyclic) bond motifs is 1. The predicted octanol–water partition coefficient (Wildman–Crippen LogP) is 5.41. The van der Waals surface area contributed by atoms with Crippen LogP contribution in [0.15, 0.2) is 61.4 Å². The number of carbonyl (C=O) groups is 1. The van der Waals surface area contributed by atoms with Crippen LogP contribution in [0.1, 0.15) is 25.7 Å². The van der Waals surface area contributed by atoms with Crippen LogP contribution in [-0.2, 0) is 11.8 Å². The Kier molecular flexibility index (Phi) is 7.70. The summed E-state index contributed by atoms with van der Waals surface area (Å²) in [6.45, 7) is 7.81. The van der Waals surface area contributed by atoms with Gasteiger partial charge in [0.25, 0.3) is 0 Å². The number of nitrogen functional groups attached to an aromatic ring is 1. The van der Waals surface area contributed by atoms with E-state index in [0.29, 0.717) is 39.9 Å². The molecule has 4 aromatic rings. The fourth-order valence-corrected chi connectivity index (χ4v) is 6.51. The van der Waals surface area contributed by atoms with E-state index in [-0.39, 0.29) is 5.91 Å². The van der Waals surface area contributed by atoms with Crippen molar-refractivity contribution in [3.8, 4) is 17.0 Å². The molecular formula is C33H40N8O2. The minimum absolute atomic E-state index is 0.275. The van der Waals surface area contributed by atoms with Crippen molar-refractivity contribution in [1.29, 1.82) is 0 Å². The van der Waals surface area contributed by atoms with E-state index >= 15 is 0 Å². The Morgan fingerprint density at radius 1 is 1.07 bits per heavy atom. The third kappa shape index (κ3) is 5.62. The third-order valence-electron chi connectivity index (χ3n) is 9.19. The number of amides is 1. The molecule has 0 bridgehead atoms. The first-order chi connectivity index (χ1) is 20.8. The normalized spacial score (nSPS) is 16.8. The Morgan fingerprint density at radius 3 is 2.51 bits per heavy atom. The van der Waals surface area contributed by atoms with Crippen molar-refractivity contribution in [3.63, 3.8) is 0 Å². The molecule has 10 nitrogen and oxygen atoms in total. The van der Waals surface area contributed by atoms with Gasteiger partial charge in [0.15, 0.2) is 0 Å². The van der Waals surface area contributed by atoms with Gasteiger partial charge in [-0.05, 0) is 69.4 Å². The molecule has 2 aromatic carbocycles. The van der Waals surface area contributed by atoms with Crippen LogP contribution >= 0.6 is 0 Å². The molecule has 2 aliphatic rings. The van der Waals surface area contributed by atoms with E-state index in [1.165, 1.54) is 18.9 Å². The highest BCUT2D eigenvalue weighted by Crippen LogP contribution is 2.45. The lowest BCUT2D eigenvalue weighted by atomic mass is 9.71. The summed E-state index contributed by atoms with van der Waals surface area (Å²) >= 11 is 0. The number of nitrogens with two attached hydrogens (primary N) is 1. The van der Waals surface area contributed by atoms with Gasteiger partial charge in [0, 0.05) is 48.9 Å². The second-order valence-corrected chi connectivity index (χ2v) is 11.8. The topological polar surface area (TPSA) is 114 Å². The Labute approximate surface area is 252 Å². The van der Waals surface area contributed by atoms with Crippen molar-refractivity contribution in [2.45, 2.75) is 25.7 Å². The van der Waals surface area contributed by atoms with Crippen LogP contribution in [0.3, 0.4) is 0 Å². The van der Waals surface area contributed by atoms with Crippen LogP contribution in [-0.4, -0.2) is 65.7 Å². The molecule has 224 valence electrons. The van der Waals surface area contributed by atoms with Crippen molar-refractivity contribution in [2.75, 3.05) is 61.6 Å². The van der Waals surface area contributed by atoms with Gasteiger partial charge < -0.3 is 35.5 Å². The monoisotopic (exact) mass is 580 g/mol. The van der Waals surface area contributed by atoms with Crippen molar-refractivity contribution >= 4 is 45.5 Å². The van der Waals surface area contributed by atoms with E-state index in [2.05, 4.69) is 55.7 Å². The summed E-state index contributed by atoms with van der Waals surface area (Å²) in [5.41, 5.74) is 12.2. The van der Waals surface area contributed by atoms with Gasteiger partial charge in [-0.2, -0.15) is 0 Å². The average molecular weight is 581 g/mol. The summed E-state index contributed by atoms with van der Waals surface area (Å²) in [5.74, 6) is 0.716. The Morgan fingerprint density at radius 2 is 1.79 bits per heavy atom. The number of carbonyl (C=O) groups excluding carboxylic acids is 1. The number of hydrogen-bond acceptors (Lipinski definition) is 8.